The number of hydrogen-bond donors (Lipinski definition) is 1. The summed E-state index contributed by atoms with van der Waals surface area (Å²) < 4.78 is 16.2. The van der Waals surface area contributed by atoms with Crippen LogP contribution in [0.1, 0.15) is 25.8 Å². The molecule has 1 N–H and O–H groups in total. The van der Waals surface area contributed by atoms with Gasteiger partial charge >= 0.3 is 0 Å². The van der Waals surface area contributed by atoms with Gasteiger partial charge in [0.1, 0.15) is 23.3 Å². The number of hydrogen-bond acceptors (Lipinski definition) is 5. The molecule has 0 heterocycles. The second-order valence-corrected chi connectivity index (χ2v) is 7.32. The van der Waals surface area contributed by atoms with Gasteiger partial charge in [-0.3, -0.25) is 9.59 Å². The highest BCUT2D eigenvalue weighted by Gasteiger charge is 2.27. The summed E-state index contributed by atoms with van der Waals surface area (Å²) >= 11 is 6.28. The molecular formula is C23H29ClN2O5. The van der Waals surface area contributed by atoms with Crippen LogP contribution in [0, 0.1) is 0 Å². The standard InChI is InChI=1S/C23H29ClN2O5/c1-5-10-25-23(28)16(2)26(14-17-8-6-7-9-21(17)24)22(27)15-31-20-12-18(29-3)11-19(13-20)30-4/h6-9,11-13,16H,5,10,14-15H2,1-4H3,(H,25,28)/t16-/m1/s1. The third-order valence-corrected chi connectivity index (χ3v) is 5.07. The van der Waals surface area contributed by atoms with Crippen LogP contribution >= 0.6 is 11.6 Å². The minimum absolute atomic E-state index is 0.185. The van der Waals surface area contributed by atoms with Crippen molar-refractivity contribution in [1.82, 2.24) is 10.2 Å². The molecule has 0 bridgehead atoms. The third kappa shape index (κ3) is 7.07. The van der Waals surface area contributed by atoms with Gasteiger partial charge in [0.25, 0.3) is 5.91 Å². The largest absolute Gasteiger partial charge is 0.496 e. The normalized spacial score (nSPS) is 11.4. The maximum Gasteiger partial charge on any atom is 0.261 e. The van der Waals surface area contributed by atoms with Gasteiger partial charge in [-0.15, -0.1) is 0 Å². The molecule has 31 heavy (non-hydrogen) atoms. The molecule has 8 heteroatoms. The van der Waals surface area contributed by atoms with Crippen molar-refractivity contribution in [3.8, 4) is 17.2 Å². The van der Waals surface area contributed by atoms with Gasteiger partial charge in [-0.1, -0.05) is 36.7 Å². The van der Waals surface area contributed by atoms with Crippen LogP contribution in [0.2, 0.25) is 5.02 Å². The first-order valence-electron chi connectivity index (χ1n) is 10.1. The molecule has 2 amide bonds. The SMILES string of the molecule is CCCNC(=O)[C@@H](C)N(Cc1ccccc1Cl)C(=O)COc1cc(OC)cc(OC)c1. The molecule has 0 aliphatic rings. The fraction of sp³-hybridized carbons (Fsp3) is 0.391. The van der Waals surface area contributed by atoms with E-state index in [0.29, 0.717) is 28.8 Å². The Labute approximate surface area is 188 Å². The van der Waals surface area contributed by atoms with Crippen LogP contribution in [-0.4, -0.2) is 50.1 Å². The minimum atomic E-state index is -0.696. The number of nitrogens with one attached hydrogen (secondary N) is 1. The van der Waals surface area contributed by atoms with Gasteiger partial charge in [-0.25, -0.2) is 0 Å². The zero-order valence-corrected chi connectivity index (χ0v) is 19.1. The second kappa shape index (κ2) is 12.1. The zero-order valence-electron chi connectivity index (χ0n) is 18.3. The maximum atomic E-state index is 13.1. The van der Waals surface area contributed by atoms with Crippen molar-refractivity contribution >= 4 is 23.4 Å². The third-order valence-electron chi connectivity index (χ3n) is 4.70. The Balaban J connectivity index is 2.19. The van der Waals surface area contributed by atoms with Crippen LogP contribution in [0.25, 0.3) is 0 Å². The summed E-state index contributed by atoms with van der Waals surface area (Å²) in [6.07, 6.45) is 0.803. The Kier molecular flexibility index (Phi) is 9.46. The average molecular weight is 449 g/mol. The van der Waals surface area contributed by atoms with Crippen LogP contribution in [0.5, 0.6) is 17.2 Å². The number of carbonyl (C=O) groups excluding carboxylic acids is 2. The molecule has 7 nitrogen and oxygen atoms in total. The quantitative estimate of drug-likeness (QED) is 0.567. The monoisotopic (exact) mass is 448 g/mol. The summed E-state index contributed by atoms with van der Waals surface area (Å²) in [7, 11) is 3.07. The lowest BCUT2D eigenvalue weighted by atomic mass is 10.1. The number of nitrogens with zero attached hydrogens (tertiary/aromatic N) is 1. The van der Waals surface area contributed by atoms with E-state index in [2.05, 4.69) is 5.32 Å². The number of halogens is 1. The Morgan fingerprint density at radius 2 is 1.68 bits per heavy atom. The van der Waals surface area contributed by atoms with E-state index in [1.807, 2.05) is 25.1 Å². The van der Waals surface area contributed by atoms with Crippen molar-refractivity contribution in [1.29, 1.82) is 0 Å². The molecule has 2 rings (SSSR count). The molecular weight excluding hydrogens is 420 g/mol. The van der Waals surface area contributed by atoms with Gasteiger partial charge in [-0.2, -0.15) is 0 Å². The van der Waals surface area contributed by atoms with E-state index >= 15 is 0 Å². The molecule has 2 aromatic carbocycles. The molecule has 2 aromatic rings. The molecule has 0 aliphatic carbocycles. The maximum absolute atomic E-state index is 13.1. The number of methoxy groups -OCH3 is 2. The van der Waals surface area contributed by atoms with Crippen molar-refractivity contribution in [2.45, 2.75) is 32.9 Å². The fourth-order valence-electron chi connectivity index (χ4n) is 2.88. The molecule has 0 unspecified atom stereocenters. The van der Waals surface area contributed by atoms with Crippen molar-refractivity contribution in [2.75, 3.05) is 27.4 Å². The summed E-state index contributed by atoms with van der Waals surface area (Å²) in [5.41, 5.74) is 0.746. The Morgan fingerprint density at radius 1 is 1.06 bits per heavy atom. The first kappa shape index (κ1) is 24.3. The van der Waals surface area contributed by atoms with Gasteiger partial charge in [0.05, 0.1) is 14.2 Å². The van der Waals surface area contributed by atoms with E-state index in [9.17, 15) is 9.59 Å². The molecule has 0 fully saturated rings. The first-order chi connectivity index (χ1) is 14.9. The molecule has 0 spiro atoms. The van der Waals surface area contributed by atoms with Gasteiger partial charge in [0.15, 0.2) is 6.61 Å². The molecule has 0 saturated carbocycles. The van der Waals surface area contributed by atoms with E-state index in [-0.39, 0.29) is 25.0 Å². The number of ether oxygens (including phenoxy) is 3. The topological polar surface area (TPSA) is 77.1 Å². The lowest BCUT2D eigenvalue weighted by Crippen LogP contribution is -2.49. The van der Waals surface area contributed by atoms with E-state index in [1.54, 1.807) is 31.2 Å². The van der Waals surface area contributed by atoms with E-state index in [0.717, 1.165) is 12.0 Å². The fourth-order valence-corrected chi connectivity index (χ4v) is 3.08. The van der Waals surface area contributed by atoms with Gasteiger partial charge in [0.2, 0.25) is 5.91 Å². The van der Waals surface area contributed by atoms with Crippen LogP contribution in [-0.2, 0) is 16.1 Å². The molecule has 168 valence electrons. The summed E-state index contributed by atoms with van der Waals surface area (Å²) in [4.78, 5) is 27.1. The lowest BCUT2D eigenvalue weighted by molar-refractivity contribution is -0.142. The van der Waals surface area contributed by atoms with Crippen molar-refractivity contribution < 1.29 is 23.8 Å². The molecule has 0 aliphatic heterocycles. The van der Waals surface area contributed by atoms with Crippen LogP contribution in [0.15, 0.2) is 42.5 Å². The van der Waals surface area contributed by atoms with Gasteiger partial charge in [0, 0.05) is 36.3 Å². The highest BCUT2D eigenvalue weighted by Crippen LogP contribution is 2.27. The smallest absolute Gasteiger partial charge is 0.261 e. The minimum Gasteiger partial charge on any atom is -0.496 e. The highest BCUT2D eigenvalue weighted by atomic mass is 35.5. The zero-order chi connectivity index (χ0) is 22.8. The predicted octanol–water partition coefficient (Wildman–Crippen LogP) is 3.68. The first-order valence-corrected chi connectivity index (χ1v) is 10.4. The highest BCUT2D eigenvalue weighted by molar-refractivity contribution is 6.31. The van der Waals surface area contributed by atoms with Crippen LogP contribution < -0.4 is 19.5 Å². The van der Waals surface area contributed by atoms with Crippen molar-refractivity contribution in [3.63, 3.8) is 0 Å². The van der Waals surface area contributed by atoms with Gasteiger partial charge < -0.3 is 24.4 Å². The van der Waals surface area contributed by atoms with E-state index in [1.165, 1.54) is 19.1 Å². The van der Waals surface area contributed by atoms with Crippen LogP contribution in [0.3, 0.4) is 0 Å². The molecule has 1 atom stereocenters. The number of benzene rings is 2. The van der Waals surface area contributed by atoms with E-state index in [4.69, 9.17) is 25.8 Å². The number of rotatable bonds is 11. The summed E-state index contributed by atoms with van der Waals surface area (Å²) in [5.74, 6) is 0.931. The molecule has 0 aromatic heterocycles. The summed E-state index contributed by atoms with van der Waals surface area (Å²) in [6.45, 7) is 4.12. The van der Waals surface area contributed by atoms with Crippen LogP contribution in [0.4, 0.5) is 0 Å². The Bertz CT molecular complexity index is 868. The molecule has 0 saturated heterocycles. The Hall–Kier alpha value is -2.93. The van der Waals surface area contributed by atoms with Crippen molar-refractivity contribution in [3.05, 3.63) is 53.1 Å². The van der Waals surface area contributed by atoms with E-state index < -0.39 is 6.04 Å². The lowest BCUT2D eigenvalue weighted by Gasteiger charge is -2.29. The summed E-state index contributed by atoms with van der Waals surface area (Å²) in [6, 6.07) is 11.6. The predicted molar refractivity (Wildman–Crippen MR) is 120 cm³/mol. The van der Waals surface area contributed by atoms with Gasteiger partial charge in [-0.05, 0) is 25.0 Å². The second-order valence-electron chi connectivity index (χ2n) is 6.92. The average Bonchev–Trinajstić information content (AvgIpc) is 2.79. The number of carbonyl (C=O) groups is 2. The summed E-state index contributed by atoms with van der Waals surface area (Å²) in [5, 5.41) is 3.36. The molecule has 0 radical (unpaired) electrons. The Morgan fingerprint density at radius 3 is 2.26 bits per heavy atom. The number of amides is 2. The van der Waals surface area contributed by atoms with Crippen molar-refractivity contribution in [2.24, 2.45) is 0 Å².